The highest BCUT2D eigenvalue weighted by atomic mass is 32.2. The fourth-order valence-electron chi connectivity index (χ4n) is 4.73. The summed E-state index contributed by atoms with van der Waals surface area (Å²) in [6.07, 6.45) is 5.13. The Morgan fingerprint density at radius 3 is 2.85 bits per heavy atom. The van der Waals surface area contributed by atoms with Gasteiger partial charge in [-0.15, -0.1) is 0 Å². The van der Waals surface area contributed by atoms with Crippen molar-refractivity contribution in [3.05, 3.63) is 12.4 Å². The van der Waals surface area contributed by atoms with Gasteiger partial charge in [0.2, 0.25) is 10.0 Å². The van der Waals surface area contributed by atoms with Gasteiger partial charge in [0.25, 0.3) is 0 Å². The summed E-state index contributed by atoms with van der Waals surface area (Å²) in [5.74, 6) is 0.300. The van der Waals surface area contributed by atoms with Crippen molar-refractivity contribution in [1.29, 1.82) is 0 Å². The average Bonchev–Trinajstić information content (AvgIpc) is 3.33. The minimum Gasteiger partial charge on any atom is -0.383 e. The summed E-state index contributed by atoms with van der Waals surface area (Å²) in [5.41, 5.74) is 0.0484. The molecule has 0 radical (unpaired) electrons. The van der Waals surface area contributed by atoms with E-state index in [1.807, 2.05) is 0 Å². The highest BCUT2D eigenvalue weighted by Gasteiger charge is 2.58. The van der Waals surface area contributed by atoms with Crippen LogP contribution in [0, 0.1) is 11.3 Å². The third-order valence-electron chi connectivity index (χ3n) is 6.40. The van der Waals surface area contributed by atoms with Crippen LogP contribution in [0.3, 0.4) is 0 Å². The lowest BCUT2D eigenvalue weighted by Crippen LogP contribution is -2.43. The number of fused-ring (bicyclic) bond motifs is 2. The summed E-state index contributed by atoms with van der Waals surface area (Å²) in [6, 6.07) is -0.0502. The van der Waals surface area contributed by atoms with Crippen molar-refractivity contribution < 1.29 is 17.9 Å². The van der Waals surface area contributed by atoms with Crippen molar-refractivity contribution in [2.75, 3.05) is 53.6 Å². The maximum absolute atomic E-state index is 13.3. The van der Waals surface area contributed by atoms with E-state index in [4.69, 9.17) is 9.47 Å². The molecule has 9 heteroatoms. The molecular formula is C17H28N4O4S. The highest BCUT2D eigenvalue weighted by molar-refractivity contribution is 7.89. The summed E-state index contributed by atoms with van der Waals surface area (Å²) >= 11 is 0. The Balaban J connectivity index is 1.59. The van der Waals surface area contributed by atoms with Crippen LogP contribution in [0.5, 0.6) is 0 Å². The van der Waals surface area contributed by atoms with Gasteiger partial charge in [0, 0.05) is 25.8 Å². The fraction of sp³-hybridized carbons (Fsp3) is 0.824. The summed E-state index contributed by atoms with van der Waals surface area (Å²) < 4.78 is 40.8. The van der Waals surface area contributed by atoms with E-state index in [0.717, 1.165) is 25.9 Å². The average molecular weight is 385 g/mol. The molecule has 0 unspecified atom stereocenters. The van der Waals surface area contributed by atoms with E-state index in [0.29, 0.717) is 38.8 Å². The van der Waals surface area contributed by atoms with E-state index in [1.54, 1.807) is 22.3 Å². The monoisotopic (exact) mass is 384 g/mol. The molecule has 0 bridgehead atoms. The maximum Gasteiger partial charge on any atom is 0.246 e. The molecule has 1 aromatic rings. The number of methoxy groups -OCH3 is 1. The molecule has 4 heterocycles. The predicted octanol–water partition coefficient (Wildman–Crippen LogP) is 0.261. The summed E-state index contributed by atoms with van der Waals surface area (Å²) in [6.45, 7) is 4.85. The minimum atomic E-state index is -3.57. The van der Waals surface area contributed by atoms with Gasteiger partial charge in [-0.3, -0.25) is 4.68 Å². The van der Waals surface area contributed by atoms with Crippen LogP contribution in [0.4, 0.5) is 0 Å². The first kappa shape index (κ1) is 18.4. The third kappa shape index (κ3) is 2.99. The van der Waals surface area contributed by atoms with Gasteiger partial charge in [-0.2, -0.15) is 9.40 Å². The van der Waals surface area contributed by atoms with Gasteiger partial charge >= 0.3 is 0 Å². The van der Waals surface area contributed by atoms with E-state index in [1.165, 1.54) is 6.20 Å². The SMILES string of the molecule is COCCn1cc(S(=O)(=O)N2CC3(CCN(C)CC3)[C@H]3COC[C@H]32)cn1. The van der Waals surface area contributed by atoms with Gasteiger partial charge in [0.15, 0.2) is 0 Å². The predicted molar refractivity (Wildman–Crippen MR) is 95.3 cm³/mol. The molecule has 0 N–H and O–H groups in total. The van der Waals surface area contributed by atoms with Crippen molar-refractivity contribution in [1.82, 2.24) is 19.0 Å². The first-order valence-corrected chi connectivity index (χ1v) is 10.7. The van der Waals surface area contributed by atoms with Crippen molar-refractivity contribution in [3.63, 3.8) is 0 Å². The number of piperidine rings is 1. The maximum atomic E-state index is 13.3. The van der Waals surface area contributed by atoms with Crippen LogP contribution in [-0.4, -0.2) is 87.1 Å². The first-order chi connectivity index (χ1) is 12.5. The lowest BCUT2D eigenvalue weighted by molar-refractivity contribution is 0.0655. The van der Waals surface area contributed by atoms with E-state index in [2.05, 4.69) is 17.0 Å². The van der Waals surface area contributed by atoms with Gasteiger partial charge < -0.3 is 14.4 Å². The number of aromatic nitrogens is 2. The lowest BCUT2D eigenvalue weighted by Gasteiger charge is -2.40. The van der Waals surface area contributed by atoms with Crippen LogP contribution in [0.2, 0.25) is 0 Å². The van der Waals surface area contributed by atoms with Crippen LogP contribution in [-0.2, 0) is 26.0 Å². The molecule has 3 saturated heterocycles. The molecule has 3 aliphatic rings. The number of likely N-dealkylation sites (tertiary alicyclic amines) is 1. The molecule has 1 aromatic heterocycles. The van der Waals surface area contributed by atoms with Gasteiger partial charge in [0.05, 0.1) is 38.6 Å². The van der Waals surface area contributed by atoms with Crippen molar-refractivity contribution in [2.24, 2.45) is 11.3 Å². The normalized spacial score (nSPS) is 29.5. The van der Waals surface area contributed by atoms with E-state index < -0.39 is 10.0 Å². The Labute approximate surface area is 155 Å². The molecule has 3 fully saturated rings. The summed E-state index contributed by atoms with van der Waals surface area (Å²) in [5, 5.41) is 4.18. The zero-order valence-corrected chi connectivity index (χ0v) is 16.3. The second kappa shape index (κ2) is 6.87. The molecule has 4 rings (SSSR count). The molecule has 0 aromatic carbocycles. The zero-order valence-electron chi connectivity index (χ0n) is 15.5. The van der Waals surface area contributed by atoms with Crippen LogP contribution in [0.15, 0.2) is 17.3 Å². The number of rotatable bonds is 5. The number of sulfonamides is 1. The molecule has 8 nitrogen and oxygen atoms in total. The van der Waals surface area contributed by atoms with E-state index in [9.17, 15) is 8.42 Å². The molecule has 2 atom stereocenters. The molecule has 1 spiro atoms. The molecule has 146 valence electrons. The lowest BCUT2D eigenvalue weighted by atomic mass is 9.70. The third-order valence-corrected chi connectivity index (χ3v) is 8.23. The van der Waals surface area contributed by atoms with Crippen LogP contribution < -0.4 is 0 Å². The largest absolute Gasteiger partial charge is 0.383 e. The summed E-state index contributed by atoms with van der Waals surface area (Å²) in [7, 11) is 0.180. The second-order valence-electron chi connectivity index (χ2n) is 7.86. The number of ether oxygens (including phenoxy) is 2. The van der Waals surface area contributed by atoms with Crippen molar-refractivity contribution >= 4 is 10.0 Å². The van der Waals surface area contributed by atoms with Crippen LogP contribution in [0.25, 0.3) is 0 Å². The Kier molecular flexibility index (Phi) is 4.85. The standard InChI is InChI=1S/C17H28N4O4S/c1-19-5-3-17(4-6-19)13-21(16-12-25-11-15(16)17)26(22,23)14-9-18-20(10-14)7-8-24-2/h9-10,15-16H,3-8,11-13H2,1-2H3/t15-,16+/m0/s1. The van der Waals surface area contributed by atoms with E-state index in [-0.39, 0.29) is 16.4 Å². The number of hydrogen-bond acceptors (Lipinski definition) is 6. The number of hydrogen-bond donors (Lipinski definition) is 0. The molecule has 0 amide bonds. The Bertz CT molecular complexity index is 742. The van der Waals surface area contributed by atoms with Gasteiger partial charge in [-0.05, 0) is 38.4 Å². The van der Waals surface area contributed by atoms with Crippen molar-refractivity contribution in [2.45, 2.75) is 30.3 Å². The van der Waals surface area contributed by atoms with Gasteiger partial charge in [-0.1, -0.05) is 0 Å². The Morgan fingerprint density at radius 1 is 1.35 bits per heavy atom. The van der Waals surface area contributed by atoms with E-state index >= 15 is 0 Å². The zero-order chi connectivity index (χ0) is 18.4. The molecule has 0 aliphatic carbocycles. The van der Waals surface area contributed by atoms with Crippen LogP contribution in [0.1, 0.15) is 12.8 Å². The Hall–Kier alpha value is -1.00. The molecule has 3 aliphatic heterocycles. The van der Waals surface area contributed by atoms with Crippen LogP contribution >= 0.6 is 0 Å². The molecule has 26 heavy (non-hydrogen) atoms. The smallest absolute Gasteiger partial charge is 0.246 e. The highest BCUT2D eigenvalue weighted by Crippen LogP contribution is 2.51. The fourth-order valence-corrected chi connectivity index (χ4v) is 6.43. The molecule has 0 saturated carbocycles. The quantitative estimate of drug-likeness (QED) is 0.725. The second-order valence-corrected chi connectivity index (χ2v) is 9.75. The first-order valence-electron chi connectivity index (χ1n) is 9.26. The topological polar surface area (TPSA) is 76.9 Å². The molecular weight excluding hydrogens is 356 g/mol. The van der Waals surface area contributed by atoms with Gasteiger partial charge in [0.1, 0.15) is 4.90 Å². The minimum absolute atomic E-state index is 0.0484. The van der Waals surface area contributed by atoms with Crippen molar-refractivity contribution in [3.8, 4) is 0 Å². The Morgan fingerprint density at radius 2 is 2.12 bits per heavy atom. The number of nitrogens with zero attached hydrogens (tertiary/aromatic N) is 4. The van der Waals surface area contributed by atoms with Gasteiger partial charge in [-0.25, -0.2) is 8.42 Å². The summed E-state index contributed by atoms with van der Waals surface area (Å²) in [4.78, 5) is 2.59.